The summed E-state index contributed by atoms with van der Waals surface area (Å²) in [5, 5.41) is 2.48. The second kappa shape index (κ2) is 5.10. The van der Waals surface area contributed by atoms with Crippen molar-refractivity contribution in [2.75, 3.05) is 0 Å². The molecule has 1 N–H and O–H groups in total. The Labute approximate surface area is 93.9 Å². The van der Waals surface area contributed by atoms with Crippen LogP contribution >= 0.6 is 18.9 Å². The summed E-state index contributed by atoms with van der Waals surface area (Å²) in [6.45, 7) is 5.59. The molecule has 0 amide bonds. The SMILES string of the molecule is CCC(CC)P(=O)(O)Oc1csc(C)n1. The van der Waals surface area contributed by atoms with Crippen LogP contribution in [0, 0.1) is 6.92 Å². The second-order valence-electron chi connectivity index (χ2n) is 3.33. The molecule has 1 atom stereocenters. The third-order valence-electron chi connectivity index (χ3n) is 2.23. The highest BCUT2D eigenvalue weighted by molar-refractivity contribution is 7.54. The minimum atomic E-state index is -3.57. The van der Waals surface area contributed by atoms with Gasteiger partial charge in [-0.3, -0.25) is 0 Å². The van der Waals surface area contributed by atoms with Gasteiger partial charge in [-0.2, -0.15) is 0 Å². The first-order chi connectivity index (χ1) is 6.99. The molecule has 1 unspecified atom stereocenters. The van der Waals surface area contributed by atoms with Gasteiger partial charge in [0.2, 0.25) is 5.88 Å². The van der Waals surface area contributed by atoms with E-state index < -0.39 is 7.60 Å². The van der Waals surface area contributed by atoms with Gasteiger partial charge in [0, 0.05) is 0 Å². The number of aryl methyl sites for hydroxylation is 1. The van der Waals surface area contributed by atoms with E-state index in [-0.39, 0.29) is 11.5 Å². The van der Waals surface area contributed by atoms with E-state index in [1.807, 2.05) is 20.8 Å². The van der Waals surface area contributed by atoms with Gasteiger partial charge in [-0.15, -0.1) is 11.3 Å². The Bertz CT molecular complexity index is 362. The molecule has 15 heavy (non-hydrogen) atoms. The zero-order valence-electron chi connectivity index (χ0n) is 9.14. The smallest absolute Gasteiger partial charge is 0.380 e. The summed E-state index contributed by atoms with van der Waals surface area (Å²) in [5.74, 6) is 0.259. The molecule has 0 aliphatic carbocycles. The van der Waals surface area contributed by atoms with E-state index in [4.69, 9.17) is 4.52 Å². The van der Waals surface area contributed by atoms with Gasteiger partial charge in [0.15, 0.2) is 0 Å². The van der Waals surface area contributed by atoms with Crippen molar-refractivity contribution in [2.24, 2.45) is 0 Å². The number of thiazole rings is 1. The molecule has 86 valence electrons. The Hall–Kier alpha value is -0.380. The maximum atomic E-state index is 11.9. The lowest BCUT2D eigenvalue weighted by Gasteiger charge is -2.19. The van der Waals surface area contributed by atoms with Crippen molar-refractivity contribution in [3.63, 3.8) is 0 Å². The monoisotopic (exact) mass is 249 g/mol. The highest BCUT2D eigenvalue weighted by atomic mass is 32.1. The zero-order chi connectivity index (χ0) is 11.5. The first-order valence-corrected chi connectivity index (χ1v) is 7.46. The Morgan fingerprint density at radius 3 is 2.60 bits per heavy atom. The fourth-order valence-electron chi connectivity index (χ4n) is 1.34. The number of hydrogen-bond acceptors (Lipinski definition) is 4. The lowest BCUT2D eigenvalue weighted by molar-refractivity contribution is 0.356. The number of aromatic nitrogens is 1. The maximum Gasteiger partial charge on any atom is 0.380 e. The van der Waals surface area contributed by atoms with E-state index >= 15 is 0 Å². The molecular weight excluding hydrogens is 233 g/mol. The molecule has 0 saturated carbocycles. The Morgan fingerprint density at radius 1 is 1.60 bits per heavy atom. The fourth-order valence-corrected chi connectivity index (χ4v) is 3.36. The van der Waals surface area contributed by atoms with Crippen LogP contribution in [0.5, 0.6) is 5.88 Å². The third kappa shape index (κ3) is 3.30. The lowest BCUT2D eigenvalue weighted by Crippen LogP contribution is -2.10. The van der Waals surface area contributed by atoms with Crippen LogP contribution in [-0.4, -0.2) is 15.5 Å². The van der Waals surface area contributed by atoms with Crippen LogP contribution in [0.4, 0.5) is 0 Å². The van der Waals surface area contributed by atoms with Crippen molar-refractivity contribution < 1.29 is 14.0 Å². The van der Waals surface area contributed by atoms with Crippen molar-refractivity contribution in [3.8, 4) is 5.88 Å². The van der Waals surface area contributed by atoms with Gasteiger partial charge in [0.05, 0.1) is 16.0 Å². The molecule has 1 rings (SSSR count). The van der Waals surface area contributed by atoms with E-state index in [0.717, 1.165) is 5.01 Å². The lowest BCUT2D eigenvalue weighted by atomic mass is 10.3. The molecule has 1 aromatic heterocycles. The summed E-state index contributed by atoms with van der Waals surface area (Å²) in [7, 11) is -3.57. The first kappa shape index (κ1) is 12.7. The summed E-state index contributed by atoms with van der Waals surface area (Å²) in [4.78, 5) is 13.7. The Kier molecular flexibility index (Phi) is 4.32. The average molecular weight is 249 g/mol. The molecular formula is C9H16NO3PS. The maximum absolute atomic E-state index is 11.9. The molecule has 0 radical (unpaired) electrons. The molecule has 0 spiro atoms. The second-order valence-corrected chi connectivity index (χ2v) is 6.43. The average Bonchev–Trinajstić information content (AvgIpc) is 2.51. The van der Waals surface area contributed by atoms with Gasteiger partial charge in [-0.25, -0.2) is 9.55 Å². The summed E-state index contributed by atoms with van der Waals surface area (Å²) in [6.07, 6.45) is 1.26. The van der Waals surface area contributed by atoms with Crippen LogP contribution < -0.4 is 4.52 Å². The van der Waals surface area contributed by atoms with Crippen molar-refractivity contribution in [2.45, 2.75) is 39.3 Å². The van der Waals surface area contributed by atoms with Gasteiger partial charge in [0.25, 0.3) is 0 Å². The minimum Gasteiger partial charge on any atom is -0.405 e. The number of hydrogen-bond donors (Lipinski definition) is 1. The molecule has 0 aromatic carbocycles. The van der Waals surface area contributed by atoms with Gasteiger partial charge in [-0.1, -0.05) is 13.8 Å². The van der Waals surface area contributed by atoms with Gasteiger partial charge in [-0.05, 0) is 19.8 Å². The summed E-state index contributed by atoms with van der Waals surface area (Å²) >= 11 is 1.40. The van der Waals surface area contributed by atoms with Crippen LogP contribution in [0.2, 0.25) is 0 Å². The predicted octanol–water partition coefficient (Wildman–Crippen LogP) is 3.20. The Balaban J connectivity index is 2.75. The molecule has 1 aromatic rings. The highest BCUT2D eigenvalue weighted by Gasteiger charge is 2.31. The molecule has 0 aliphatic rings. The summed E-state index contributed by atoms with van der Waals surface area (Å²) < 4.78 is 16.9. The van der Waals surface area contributed by atoms with E-state index in [1.165, 1.54) is 11.3 Å². The largest absolute Gasteiger partial charge is 0.405 e. The standard InChI is InChI=1S/C9H16NO3PS/c1-4-8(5-2)14(11,12)13-9-6-15-7(3)10-9/h6,8H,4-5H2,1-3H3,(H,11,12). The summed E-state index contributed by atoms with van der Waals surface area (Å²) in [6, 6.07) is 0. The predicted molar refractivity (Wildman–Crippen MR) is 61.7 cm³/mol. The quantitative estimate of drug-likeness (QED) is 0.814. The topological polar surface area (TPSA) is 59.4 Å². The van der Waals surface area contributed by atoms with Crippen molar-refractivity contribution in [1.82, 2.24) is 4.98 Å². The van der Waals surface area contributed by atoms with Crippen molar-refractivity contribution >= 4 is 18.9 Å². The molecule has 0 fully saturated rings. The van der Waals surface area contributed by atoms with E-state index in [2.05, 4.69) is 4.98 Å². The van der Waals surface area contributed by atoms with E-state index in [0.29, 0.717) is 12.8 Å². The van der Waals surface area contributed by atoms with Crippen molar-refractivity contribution in [3.05, 3.63) is 10.4 Å². The van der Waals surface area contributed by atoms with E-state index in [9.17, 15) is 9.46 Å². The first-order valence-electron chi connectivity index (χ1n) is 4.93. The molecule has 4 nitrogen and oxygen atoms in total. The fraction of sp³-hybridized carbons (Fsp3) is 0.667. The van der Waals surface area contributed by atoms with Crippen molar-refractivity contribution in [1.29, 1.82) is 0 Å². The molecule has 1 heterocycles. The van der Waals surface area contributed by atoms with Crippen LogP contribution in [0.15, 0.2) is 5.38 Å². The van der Waals surface area contributed by atoms with Crippen LogP contribution in [0.1, 0.15) is 31.7 Å². The van der Waals surface area contributed by atoms with Gasteiger partial charge >= 0.3 is 7.60 Å². The van der Waals surface area contributed by atoms with Gasteiger partial charge < -0.3 is 9.42 Å². The number of nitrogens with zero attached hydrogens (tertiary/aromatic N) is 1. The molecule has 0 aliphatic heterocycles. The zero-order valence-corrected chi connectivity index (χ0v) is 10.8. The van der Waals surface area contributed by atoms with Crippen LogP contribution in [-0.2, 0) is 4.57 Å². The van der Waals surface area contributed by atoms with Crippen LogP contribution in [0.3, 0.4) is 0 Å². The minimum absolute atomic E-state index is 0.259. The third-order valence-corrected chi connectivity index (χ3v) is 5.08. The van der Waals surface area contributed by atoms with Crippen LogP contribution in [0.25, 0.3) is 0 Å². The van der Waals surface area contributed by atoms with E-state index in [1.54, 1.807) is 5.38 Å². The molecule has 0 bridgehead atoms. The molecule has 6 heteroatoms. The van der Waals surface area contributed by atoms with Gasteiger partial charge in [0.1, 0.15) is 0 Å². The molecule has 0 saturated heterocycles. The highest BCUT2D eigenvalue weighted by Crippen LogP contribution is 2.50. The Morgan fingerprint density at radius 2 is 2.20 bits per heavy atom. The number of rotatable bonds is 5. The summed E-state index contributed by atoms with van der Waals surface area (Å²) in [5.41, 5.74) is -0.306. The normalized spacial score (nSPS) is 15.3.